The zero-order valence-corrected chi connectivity index (χ0v) is 20.5. The molecule has 6 nitrogen and oxygen atoms in total. The van der Waals surface area contributed by atoms with E-state index in [4.69, 9.17) is 9.47 Å². The highest BCUT2D eigenvalue weighted by molar-refractivity contribution is 7.14. The minimum Gasteiger partial charge on any atom is -0.489 e. The number of hydrogen-bond donors (Lipinski definition) is 0. The Morgan fingerprint density at radius 2 is 1.57 bits per heavy atom. The average Bonchev–Trinajstić information content (AvgIpc) is 3.35. The quantitative estimate of drug-likeness (QED) is 0.259. The average molecular weight is 487 g/mol. The number of hydrogen-bond acceptors (Lipinski definition) is 6. The maximum Gasteiger partial charge on any atom is 0.338 e. The van der Waals surface area contributed by atoms with E-state index in [9.17, 15) is 9.59 Å². The Balaban J connectivity index is 1.44. The van der Waals surface area contributed by atoms with Crippen molar-refractivity contribution < 1.29 is 19.1 Å². The molecule has 0 atom stereocenters. The van der Waals surface area contributed by atoms with E-state index in [1.165, 1.54) is 18.3 Å². The molecule has 4 aromatic rings. The van der Waals surface area contributed by atoms with E-state index in [1.54, 1.807) is 22.4 Å². The topological polar surface area (TPSA) is 68.7 Å². The predicted molar refractivity (Wildman–Crippen MR) is 137 cm³/mol. The van der Waals surface area contributed by atoms with Crippen molar-refractivity contribution in [3.05, 3.63) is 107 Å². The molecule has 1 amide bonds. The van der Waals surface area contributed by atoms with Crippen LogP contribution in [0.1, 0.15) is 41.0 Å². The summed E-state index contributed by atoms with van der Waals surface area (Å²) in [4.78, 5) is 31.5. The summed E-state index contributed by atoms with van der Waals surface area (Å²) >= 11 is 1.34. The normalized spacial score (nSPS) is 10.6. The Labute approximate surface area is 208 Å². The summed E-state index contributed by atoms with van der Waals surface area (Å²) in [5, 5.41) is 2.35. The second-order valence-corrected chi connectivity index (χ2v) is 8.63. The molecule has 3 aromatic carbocycles. The summed E-state index contributed by atoms with van der Waals surface area (Å²) in [5.74, 6) is 0.146. The number of thiazole rings is 1. The Kier molecular flexibility index (Phi) is 7.90. The molecule has 4 rings (SSSR count). The molecule has 0 radical (unpaired) electrons. The van der Waals surface area contributed by atoms with Crippen molar-refractivity contribution in [2.24, 2.45) is 0 Å². The fraction of sp³-hybridized carbons (Fsp3) is 0.179. The monoisotopic (exact) mass is 486 g/mol. The summed E-state index contributed by atoms with van der Waals surface area (Å²) in [6.07, 6.45) is 0.795. The molecule has 0 bridgehead atoms. The summed E-state index contributed by atoms with van der Waals surface area (Å²) in [7, 11) is 0. The zero-order valence-electron chi connectivity index (χ0n) is 19.6. The van der Waals surface area contributed by atoms with Crippen molar-refractivity contribution in [1.29, 1.82) is 0 Å². The molecule has 0 fully saturated rings. The van der Waals surface area contributed by atoms with Gasteiger partial charge in [0.2, 0.25) is 5.91 Å². The standard InChI is InChI=1S/C28H26N2O4S/c1-3-21-11-8-10-16-26(21)30(20(2)31)28-29-23(19-35-28)18-34-27(32)25-15-9-7-12-22(25)17-33-24-13-5-4-6-14-24/h4-16,19H,3,17-18H2,1-2H3. The fourth-order valence-electron chi connectivity index (χ4n) is 3.64. The first-order valence-electron chi connectivity index (χ1n) is 11.3. The van der Waals surface area contributed by atoms with Gasteiger partial charge in [0.05, 0.1) is 16.9 Å². The minimum absolute atomic E-state index is 0.00434. The van der Waals surface area contributed by atoms with E-state index in [0.29, 0.717) is 16.4 Å². The number of carbonyl (C=O) groups excluding carboxylic acids is 2. The molecular formula is C28H26N2O4S. The molecular weight excluding hydrogens is 460 g/mol. The van der Waals surface area contributed by atoms with E-state index in [1.807, 2.05) is 73.7 Å². The van der Waals surface area contributed by atoms with Gasteiger partial charge in [0.1, 0.15) is 19.0 Å². The van der Waals surface area contributed by atoms with E-state index in [0.717, 1.165) is 29.0 Å². The van der Waals surface area contributed by atoms with Gasteiger partial charge in [-0.15, -0.1) is 11.3 Å². The zero-order chi connectivity index (χ0) is 24.6. The Morgan fingerprint density at radius 3 is 2.31 bits per heavy atom. The first-order chi connectivity index (χ1) is 17.1. The molecule has 178 valence electrons. The largest absolute Gasteiger partial charge is 0.489 e. The van der Waals surface area contributed by atoms with Crippen LogP contribution in [0.2, 0.25) is 0 Å². The van der Waals surface area contributed by atoms with Crippen LogP contribution in [0.3, 0.4) is 0 Å². The Hall–Kier alpha value is -3.97. The third-order valence-corrected chi connectivity index (χ3v) is 6.26. The van der Waals surface area contributed by atoms with Crippen molar-refractivity contribution in [3.63, 3.8) is 0 Å². The van der Waals surface area contributed by atoms with Crippen molar-refractivity contribution in [3.8, 4) is 5.75 Å². The maximum atomic E-state index is 12.8. The van der Waals surface area contributed by atoms with Gasteiger partial charge < -0.3 is 9.47 Å². The molecule has 0 spiro atoms. The third-order valence-electron chi connectivity index (χ3n) is 5.39. The number of nitrogens with zero attached hydrogens (tertiary/aromatic N) is 2. The van der Waals surface area contributed by atoms with Gasteiger partial charge in [0.15, 0.2) is 5.13 Å². The summed E-state index contributed by atoms with van der Waals surface area (Å²) in [6.45, 7) is 3.82. The van der Waals surface area contributed by atoms with Gasteiger partial charge in [-0.2, -0.15) is 0 Å². The third kappa shape index (κ3) is 5.94. The molecule has 0 aliphatic rings. The fourth-order valence-corrected chi connectivity index (χ4v) is 4.51. The van der Waals surface area contributed by atoms with Crippen LogP contribution in [-0.4, -0.2) is 16.9 Å². The van der Waals surface area contributed by atoms with Crippen molar-refractivity contribution in [2.75, 3.05) is 4.90 Å². The molecule has 0 aliphatic heterocycles. The molecule has 0 N–H and O–H groups in total. The van der Waals surface area contributed by atoms with Gasteiger partial charge >= 0.3 is 5.97 Å². The van der Waals surface area contributed by atoms with Gasteiger partial charge in [0.25, 0.3) is 0 Å². The van der Waals surface area contributed by atoms with Gasteiger partial charge in [-0.25, -0.2) is 9.78 Å². The van der Waals surface area contributed by atoms with Gasteiger partial charge in [-0.05, 0) is 36.2 Å². The maximum absolute atomic E-state index is 12.8. The lowest BCUT2D eigenvalue weighted by Crippen LogP contribution is -2.23. The van der Waals surface area contributed by atoms with Crippen LogP contribution in [0.15, 0.2) is 84.2 Å². The highest BCUT2D eigenvalue weighted by Crippen LogP contribution is 2.32. The molecule has 0 saturated carbocycles. The van der Waals surface area contributed by atoms with Crippen LogP contribution < -0.4 is 9.64 Å². The second kappa shape index (κ2) is 11.4. The van der Waals surface area contributed by atoms with Crippen LogP contribution in [-0.2, 0) is 29.2 Å². The molecule has 0 unspecified atom stereocenters. The van der Waals surface area contributed by atoms with E-state index in [-0.39, 0.29) is 19.1 Å². The van der Waals surface area contributed by atoms with Gasteiger partial charge in [0, 0.05) is 17.9 Å². The number of aromatic nitrogens is 1. The van der Waals surface area contributed by atoms with Crippen LogP contribution in [0.5, 0.6) is 5.75 Å². The molecule has 0 saturated heterocycles. The number of para-hydroxylation sites is 2. The molecule has 35 heavy (non-hydrogen) atoms. The van der Waals surface area contributed by atoms with Gasteiger partial charge in [-0.3, -0.25) is 9.69 Å². The van der Waals surface area contributed by atoms with Crippen molar-refractivity contribution >= 4 is 34.0 Å². The Morgan fingerprint density at radius 1 is 0.886 bits per heavy atom. The second-order valence-electron chi connectivity index (χ2n) is 7.79. The number of ether oxygens (including phenoxy) is 2. The number of rotatable bonds is 9. The predicted octanol–water partition coefficient (Wildman–Crippen LogP) is 6.33. The van der Waals surface area contributed by atoms with Crippen LogP contribution in [0.25, 0.3) is 0 Å². The molecule has 1 aromatic heterocycles. The van der Waals surface area contributed by atoms with Crippen LogP contribution >= 0.6 is 11.3 Å². The number of aryl methyl sites for hydroxylation is 1. The first-order valence-corrected chi connectivity index (χ1v) is 12.2. The number of amides is 1. The lowest BCUT2D eigenvalue weighted by molar-refractivity contribution is -0.115. The van der Waals surface area contributed by atoms with Crippen LogP contribution in [0.4, 0.5) is 10.8 Å². The van der Waals surface area contributed by atoms with E-state index in [2.05, 4.69) is 4.98 Å². The first kappa shape index (κ1) is 24.2. The number of esters is 1. The summed E-state index contributed by atoms with van der Waals surface area (Å²) in [5.41, 5.74) is 3.63. The highest BCUT2D eigenvalue weighted by Gasteiger charge is 2.21. The highest BCUT2D eigenvalue weighted by atomic mass is 32.1. The van der Waals surface area contributed by atoms with Crippen LogP contribution in [0, 0.1) is 0 Å². The number of anilines is 2. The van der Waals surface area contributed by atoms with Gasteiger partial charge in [-0.1, -0.05) is 61.5 Å². The molecule has 0 aliphatic carbocycles. The lowest BCUT2D eigenvalue weighted by atomic mass is 10.1. The van der Waals surface area contributed by atoms with E-state index < -0.39 is 5.97 Å². The lowest BCUT2D eigenvalue weighted by Gasteiger charge is -2.20. The van der Waals surface area contributed by atoms with Crippen molar-refractivity contribution in [1.82, 2.24) is 4.98 Å². The summed E-state index contributed by atoms with van der Waals surface area (Å²) in [6, 6.07) is 24.4. The number of benzene rings is 3. The van der Waals surface area contributed by atoms with E-state index >= 15 is 0 Å². The molecule has 7 heteroatoms. The Bertz CT molecular complexity index is 1300. The smallest absolute Gasteiger partial charge is 0.338 e. The SMILES string of the molecule is CCc1ccccc1N(C(C)=O)c1nc(COC(=O)c2ccccc2COc2ccccc2)cs1. The summed E-state index contributed by atoms with van der Waals surface area (Å²) < 4.78 is 11.4. The van der Waals surface area contributed by atoms with Crippen molar-refractivity contribution in [2.45, 2.75) is 33.5 Å². The molecule has 1 heterocycles. The number of carbonyl (C=O) groups is 2. The minimum atomic E-state index is -0.452.